The number of pyridine rings is 1. The number of nitrogens with one attached hydrogen (secondary N) is 1. The Labute approximate surface area is 163 Å². The predicted molar refractivity (Wildman–Crippen MR) is 107 cm³/mol. The molecule has 28 heavy (non-hydrogen) atoms. The van der Waals surface area contributed by atoms with Crippen LogP contribution in [-0.4, -0.2) is 23.6 Å². The number of sulfonamides is 1. The number of primary sulfonamides is 1. The molecule has 0 saturated carbocycles. The number of anilines is 1. The molecule has 3 aromatic rings. The van der Waals surface area contributed by atoms with E-state index in [4.69, 9.17) is 5.14 Å². The van der Waals surface area contributed by atoms with Crippen molar-refractivity contribution >= 4 is 15.7 Å². The molecule has 0 atom stereocenters. The molecule has 1 aromatic heterocycles. The van der Waals surface area contributed by atoms with Crippen molar-refractivity contribution in [1.82, 2.24) is 4.98 Å². The highest BCUT2D eigenvalue weighted by molar-refractivity contribution is 7.89. The maximum atomic E-state index is 11.9. The second-order valence-corrected chi connectivity index (χ2v) is 7.86. The normalized spacial score (nSPS) is 11.4. The molecule has 0 aliphatic heterocycles. The van der Waals surface area contributed by atoms with Crippen LogP contribution in [0.1, 0.15) is 16.8 Å². The van der Waals surface area contributed by atoms with Crippen LogP contribution in [0, 0.1) is 6.92 Å². The van der Waals surface area contributed by atoms with Gasteiger partial charge >= 0.3 is 0 Å². The van der Waals surface area contributed by atoms with Gasteiger partial charge in [-0.05, 0) is 36.2 Å². The van der Waals surface area contributed by atoms with E-state index in [2.05, 4.69) is 10.3 Å². The number of benzene rings is 2. The molecule has 0 radical (unpaired) electrons. The molecule has 5 N–H and O–H groups in total. The fraction of sp³-hybridized carbons (Fsp3) is 0.150. The molecule has 146 valence electrons. The molecule has 7 nitrogen and oxygen atoms in total. The van der Waals surface area contributed by atoms with Crippen LogP contribution in [0.5, 0.6) is 5.75 Å². The fourth-order valence-electron chi connectivity index (χ4n) is 2.96. The number of nitrogens with zero attached hydrogens (tertiary/aromatic N) is 1. The Bertz CT molecular complexity index is 1110. The largest absolute Gasteiger partial charge is 0.506 e. The lowest BCUT2D eigenvalue weighted by atomic mass is 10.0. The van der Waals surface area contributed by atoms with Crippen LogP contribution >= 0.6 is 0 Å². The van der Waals surface area contributed by atoms with E-state index in [1.807, 2.05) is 12.1 Å². The molecule has 0 fully saturated rings. The van der Waals surface area contributed by atoms with Gasteiger partial charge in [0.25, 0.3) is 0 Å². The predicted octanol–water partition coefficient (Wildman–Crippen LogP) is 2.51. The van der Waals surface area contributed by atoms with Gasteiger partial charge in [0.15, 0.2) is 0 Å². The average Bonchev–Trinajstić information content (AvgIpc) is 2.68. The molecular formula is C20H21N3O4S. The van der Waals surface area contributed by atoms with Gasteiger partial charge in [-0.1, -0.05) is 30.3 Å². The number of hydrogen-bond acceptors (Lipinski definition) is 6. The molecule has 0 spiro atoms. The Kier molecular flexibility index (Phi) is 5.64. The van der Waals surface area contributed by atoms with E-state index in [9.17, 15) is 18.6 Å². The van der Waals surface area contributed by atoms with Crippen LogP contribution in [0.4, 0.5) is 5.69 Å². The van der Waals surface area contributed by atoms with Gasteiger partial charge in [-0.2, -0.15) is 0 Å². The van der Waals surface area contributed by atoms with Gasteiger partial charge < -0.3 is 15.5 Å². The summed E-state index contributed by atoms with van der Waals surface area (Å²) in [7, 11) is -3.85. The molecule has 0 aliphatic rings. The van der Waals surface area contributed by atoms with Crippen molar-refractivity contribution in [1.29, 1.82) is 0 Å². The molecule has 1 heterocycles. The van der Waals surface area contributed by atoms with Crippen molar-refractivity contribution in [3.63, 3.8) is 0 Å². The summed E-state index contributed by atoms with van der Waals surface area (Å²) in [6.07, 6.45) is 1.60. The lowest BCUT2D eigenvalue weighted by Gasteiger charge is -2.14. The maximum Gasteiger partial charge on any atom is 0.238 e. The second-order valence-electron chi connectivity index (χ2n) is 6.33. The van der Waals surface area contributed by atoms with Crippen LogP contribution in [-0.2, 0) is 23.2 Å². The van der Waals surface area contributed by atoms with E-state index < -0.39 is 10.0 Å². The lowest BCUT2D eigenvalue weighted by Crippen LogP contribution is -2.13. The maximum absolute atomic E-state index is 11.9. The lowest BCUT2D eigenvalue weighted by molar-refractivity contribution is 0.273. The van der Waals surface area contributed by atoms with E-state index in [1.165, 1.54) is 6.07 Å². The first-order chi connectivity index (χ1) is 13.3. The van der Waals surface area contributed by atoms with Crippen molar-refractivity contribution in [3.8, 4) is 16.9 Å². The third-order valence-electron chi connectivity index (χ3n) is 4.44. The molecule has 2 aromatic carbocycles. The molecule has 0 saturated heterocycles. The third-order valence-corrected chi connectivity index (χ3v) is 5.41. The summed E-state index contributed by atoms with van der Waals surface area (Å²) in [5, 5.41) is 28.1. The first kappa shape index (κ1) is 19.8. The first-order valence-corrected chi connectivity index (χ1v) is 10.1. The highest BCUT2D eigenvalue weighted by Crippen LogP contribution is 2.29. The van der Waals surface area contributed by atoms with E-state index in [-0.39, 0.29) is 17.3 Å². The fourth-order valence-corrected chi connectivity index (χ4v) is 3.72. The van der Waals surface area contributed by atoms with Crippen molar-refractivity contribution < 1.29 is 18.6 Å². The summed E-state index contributed by atoms with van der Waals surface area (Å²) < 4.78 is 23.7. The molecule has 8 heteroatoms. The molecule has 0 amide bonds. The smallest absolute Gasteiger partial charge is 0.238 e. The summed E-state index contributed by atoms with van der Waals surface area (Å²) in [4.78, 5) is 4.18. The number of aliphatic hydroxyl groups excluding tert-OH is 1. The minimum atomic E-state index is -3.85. The van der Waals surface area contributed by atoms with Gasteiger partial charge in [0.2, 0.25) is 10.0 Å². The van der Waals surface area contributed by atoms with Crippen LogP contribution in [0.15, 0.2) is 59.6 Å². The zero-order valence-corrected chi connectivity index (χ0v) is 16.1. The summed E-state index contributed by atoms with van der Waals surface area (Å²) in [6, 6.07) is 13.8. The number of rotatable bonds is 6. The Morgan fingerprint density at radius 2 is 1.89 bits per heavy atom. The number of hydrogen-bond donors (Lipinski definition) is 4. The van der Waals surface area contributed by atoms with Crippen LogP contribution in [0.25, 0.3) is 11.1 Å². The Balaban J connectivity index is 1.90. The van der Waals surface area contributed by atoms with Crippen LogP contribution in [0.2, 0.25) is 0 Å². The quantitative estimate of drug-likeness (QED) is 0.505. The molecule has 0 aliphatic carbocycles. The summed E-state index contributed by atoms with van der Waals surface area (Å²) in [6.45, 7) is 1.70. The van der Waals surface area contributed by atoms with Crippen LogP contribution < -0.4 is 10.5 Å². The number of aromatic hydroxyl groups is 1. The van der Waals surface area contributed by atoms with E-state index in [0.717, 1.165) is 5.69 Å². The van der Waals surface area contributed by atoms with Gasteiger partial charge in [-0.25, -0.2) is 13.6 Å². The van der Waals surface area contributed by atoms with Gasteiger partial charge in [0.05, 0.1) is 17.2 Å². The standard InChI is InChI=1S/C20H21N3O4S/c1-13-20(25)18(12-24)15(10-22-13)11-23-16-6-4-5-14(9-16)17-7-2-3-8-19(17)28(21,26)27/h2-10,23-25H,11-12H2,1H3,(H2,21,26,27). The van der Waals surface area contributed by atoms with E-state index >= 15 is 0 Å². The first-order valence-electron chi connectivity index (χ1n) is 8.54. The highest BCUT2D eigenvalue weighted by Gasteiger charge is 2.15. The van der Waals surface area contributed by atoms with Crippen molar-refractivity contribution in [2.45, 2.75) is 25.0 Å². The summed E-state index contributed by atoms with van der Waals surface area (Å²) in [5.74, 6) is -0.0161. The average molecular weight is 399 g/mol. The van der Waals surface area contributed by atoms with Crippen molar-refractivity contribution in [3.05, 3.63) is 71.5 Å². The Hall–Kier alpha value is -2.94. The van der Waals surface area contributed by atoms with Gasteiger partial charge in [0, 0.05) is 29.6 Å². The second kappa shape index (κ2) is 7.97. The highest BCUT2D eigenvalue weighted by atomic mass is 32.2. The number of aromatic nitrogens is 1. The molecule has 3 rings (SSSR count). The number of aryl methyl sites for hydroxylation is 1. The van der Waals surface area contributed by atoms with E-state index in [1.54, 1.807) is 43.5 Å². The molecule has 0 unspecified atom stereocenters. The summed E-state index contributed by atoms with van der Waals surface area (Å²) in [5.41, 5.74) is 3.50. The SMILES string of the molecule is Cc1ncc(CNc2cccc(-c3ccccc3S(N)(=O)=O)c2)c(CO)c1O. The van der Waals surface area contributed by atoms with E-state index in [0.29, 0.717) is 34.5 Å². The minimum absolute atomic E-state index is 0.0161. The molecule has 0 bridgehead atoms. The Morgan fingerprint density at radius 1 is 1.14 bits per heavy atom. The zero-order chi connectivity index (χ0) is 20.3. The van der Waals surface area contributed by atoms with Crippen molar-refractivity contribution in [2.24, 2.45) is 5.14 Å². The topological polar surface area (TPSA) is 126 Å². The number of aliphatic hydroxyl groups is 1. The zero-order valence-electron chi connectivity index (χ0n) is 15.3. The summed E-state index contributed by atoms with van der Waals surface area (Å²) >= 11 is 0. The van der Waals surface area contributed by atoms with Gasteiger partial charge in [-0.3, -0.25) is 4.98 Å². The van der Waals surface area contributed by atoms with Crippen molar-refractivity contribution in [2.75, 3.05) is 5.32 Å². The third kappa shape index (κ3) is 4.14. The van der Waals surface area contributed by atoms with Gasteiger partial charge in [0.1, 0.15) is 5.75 Å². The van der Waals surface area contributed by atoms with Crippen LogP contribution in [0.3, 0.4) is 0 Å². The Morgan fingerprint density at radius 3 is 2.61 bits per heavy atom. The molecular weight excluding hydrogens is 378 g/mol. The minimum Gasteiger partial charge on any atom is -0.506 e. The van der Waals surface area contributed by atoms with Gasteiger partial charge in [-0.15, -0.1) is 0 Å². The number of nitrogens with two attached hydrogens (primary N) is 1. The monoisotopic (exact) mass is 399 g/mol.